The van der Waals surface area contributed by atoms with Crippen LogP contribution in [0.3, 0.4) is 0 Å². The van der Waals surface area contributed by atoms with E-state index in [1.54, 1.807) is 14.0 Å². The molecule has 0 radical (unpaired) electrons. The zero-order valence-electron chi connectivity index (χ0n) is 14.4. The molecule has 0 N–H and O–H groups in total. The van der Waals surface area contributed by atoms with Crippen LogP contribution in [0.2, 0.25) is 0 Å². The molecule has 3 heterocycles. The highest BCUT2D eigenvalue weighted by molar-refractivity contribution is 6.06. The first-order valence-electron chi connectivity index (χ1n) is 8.29. The number of aryl methyl sites for hydroxylation is 1. The number of aromatic nitrogens is 2. The number of methoxy groups -OCH3 is 1. The molecule has 1 aliphatic heterocycles. The second-order valence-electron chi connectivity index (χ2n) is 6.45. The minimum absolute atomic E-state index is 0.138. The van der Waals surface area contributed by atoms with Gasteiger partial charge in [0, 0.05) is 20.2 Å². The van der Waals surface area contributed by atoms with Crippen molar-refractivity contribution in [3.05, 3.63) is 28.0 Å². The summed E-state index contributed by atoms with van der Waals surface area (Å²) in [4.78, 5) is 31.7. The van der Waals surface area contributed by atoms with E-state index in [0.717, 1.165) is 12.8 Å². The number of rotatable bonds is 4. The molecule has 1 unspecified atom stereocenters. The molecule has 2 aromatic rings. The molecule has 0 bridgehead atoms. The van der Waals surface area contributed by atoms with Crippen molar-refractivity contribution in [1.29, 1.82) is 0 Å². The lowest BCUT2D eigenvalue weighted by Gasteiger charge is -2.30. The van der Waals surface area contributed by atoms with Gasteiger partial charge in [0.05, 0.1) is 18.7 Å². The second-order valence-corrected chi connectivity index (χ2v) is 6.45. The molecule has 2 aromatic heterocycles. The molecule has 0 aliphatic carbocycles. The monoisotopic (exact) mass is 333 g/mol. The van der Waals surface area contributed by atoms with E-state index in [-0.39, 0.29) is 22.6 Å². The van der Waals surface area contributed by atoms with Gasteiger partial charge < -0.3 is 14.1 Å². The third kappa shape index (κ3) is 2.96. The van der Waals surface area contributed by atoms with Crippen LogP contribution < -0.4 is 5.56 Å². The average molecular weight is 333 g/mol. The quantitative estimate of drug-likeness (QED) is 0.853. The van der Waals surface area contributed by atoms with Crippen LogP contribution in [0.4, 0.5) is 0 Å². The SMILES string of the molecule is COCCn1cnc2oc(C)c(C(=O)N3CCCC(C)C3)c2c1=O. The summed E-state index contributed by atoms with van der Waals surface area (Å²) >= 11 is 0. The number of fused-ring (bicyclic) bond motifs is 1. The third-order valence-electron chi connectivity index (χ3n) is 4.55. The smallest absolute Gasteiger partial charge is 0.265 e. The van der Waals surface area contributed by atoms with Crippen LogP contribution in [0.15, 0.2) is 15.5 Å². The maximum Gasteiger partial charge on any atom is 0.265 e. The molecule has 1 atom stereocenters. The van der Waals surface area contributed by atoms with E-state index >= 15 is 0 Å². The summed E-state index contributed by atoms with van der Waals surface area (Å²) in [5.41, 5.74) is 0.310. The molecule has 7 nitrogen and oxygen atoms in total. The fourth-order valence-electron chi connectivity index (χ4n) is 3.28. The van der Waals surface area contributed by atoms with E-state index < -0.39 is 0 Å². The first-order chi connectivity index (χ1) is 11.5. The van der Waals surface area contributed by atoms with Gasteiger partial charge in [0.25, 0.3) is 11.5 Å². The summed E-state index contributed by atoms with van der Waals surface area (Å²) in [5.74, 6) is 0.779. The highest BCUT2D eigenvalue weighted by Gasteiger charge is 2.29. The van der Waals surface area contributed by atoms with Crippen molar-refractivity contribution in [2.24, 2.45) is 5.92 Å². The van der Waals surface area contributed by atoms with Gasteiger partial charge in [-0.05, 0) is 25.7 Å². The molecule has 1 aliphatic rings. The Morgan fingerprint density at radius 1 is 1.50 bits per heavy atom. The predicted molar refractivity (Wildman–Crippen MR) is 89.2 cm³/mol. The molecule has 0 spiro atoms. The standard InChI is InChI=1S/C17H23N3O4/c1-11-5-4-6-19(9-11)16(21)13-12(2)24-15-14(13)17(22)20(10-18-15)7-8-23-3/h10-11H,4-9H2,1-3H3. The Bertz CT molecular complexity index is 808. The van der Waals surface area contributed by atoms with E-state index in [1.807, 2.05) is 4.90 Å². The lowest BCUT2D eigenvalue weighted by atomic mass is 9.99. The molecule has 0 saturated carbocycles. The summed E-state index contributed by atoms with van der Waals surface area (Å²) in [6.45, 7) is 6.06. The van der Waals surface area contributed by atoms with Crippen LogP contribution in [-0.2, 0) is 11.3 Å². The van der Waals surface area contributed by atoms with Gasteiger partial charge in [-0.3, -0.25) is 14.2 Å². The zero-order valence-corrected chi connectivity index (χ0v) is 14.4. The van der Waals surface area contributed by atoms with Crippen LogP contribution in [-0.4, -0.2) is 47.2 Å². The first-order valence-corrected chi connectivity index (χ1v) is 8.29. The molecule has 7 heteroatoms. The molecule has 1 fully saturated rings. The average Bonchev–Trinajstić information content (AvgIpc) is 2.90. The van der Waals surface area contributed by atoms with Crippen molar-refractivity contribution in [2.45, 2.75) is 33.2 Å². The Balaban J connectivity index is 2.04. The number of piperidine rings is 1. The maximum absolute atomic E-state index is 13.0. The number of carbonyl (C=O) groups is 1. The fraction of sp³-hybridized carbons (Fsp3) is 0.588. The molecular weight excluding hydrogens is 310 g/mol. The fourth-order valence-corrected chi connectivity index (χ4v) is 3.28. The van der Waals surface area contributed by atoms with Crippen molar-refractivity contribution in [3.63, 3.8) is 0 Å². The number of likely N-dealkylation sites (tertiary alicyclic amines) is 1. The summed E-state index contributed by atoms with van der Waals surface area (Å²) in [5, 5.41) is 0.273. The van der Waals surface area contributed by atoms with Crippen molar-refractivity contribution < 1.29 is 13.9 Å². The van der Waals surface area contributed by atoms with E-state index in [9.17, 15) is 9.59 Å². The number of nitrogens with zero attached hydrogens (tertiary/aromatic N) is 3. The van der Waals surface area contributed by atoms with Gasteiger partial charge in [0.15, 0.2) is 0 Å². The van der Waals surface area contributed by atoms with Crippen LogP contribution in [0.1, 0.15) is 35.9 Å². The highest BCUT2D eigenvalue weighted by Crippen LogP contribution is 2.25. The van der Waals surface area contributed by atoms with Crippen LogP contribution in [0, 0.1) is 12.8 Å². The highest BCUT2D eigenvalue weighted by atomic mass is 16.5. The van der Waals surface area contributed by atoms with Crippen LogP contribution in [0.5, 0.6) is 0 Å². The van der Waals surface area contributed by atoms with Gasteiger partial charge in [-0.25, -0.2) is 4.98 Å². The van der Waals surface area contributed by atoms with Gasteiger partial charge >= 0.3 is 0 Å². The molecule has 0 aromatic carbocycles. The topological polar surface area (TPSA) is 77.6 Å². The Labute approximate surface area is 140 Å². The Morgan fingerprint density at radius 2 is 2.29 bits per heavy atom. The van der Waals surface area contributed by atoms with E-state index in [1.165, 1.54) is 10.9 Å². The van der Waals surface area contributed by atoms with Gasteiger partial charge in [0.2, 0.25) is 5.71 Å². The third-order valence-corrected chi connectivity index (χ3v) is 4.55. The summed E-state index contributed by atoms with van der Waals surface area (Å²) in [6.07, 6.45) is 3.54. The van der Waals surface area contributed by atoms with Crippen molar-refractivity contribution in [1.82, 2.24) is 14.5 Å². The van der Waals surface area contributed by atoms with Gasteiger partial charge in [-0.15, -0.1) is 0 Å². The Morgan fingerprint density at radius 3 is 3.00 bits per heavy atom. The first kappa shape index (κ1) is 16.7. The largest absolute Gasteiger partial charge is 0.442 e. The number of amides is 1. The van der Waals surface area contributed by atoms with Gasteiger partial charge in [0.1, 0.15) is 17.5 Å². The van der Waals surface area contributed by atoms with E-state index in [0.29, 0.717) is 43.5 Å². The molecule has 1 amide bonds. The van der Waals surface area contributed by atoms with Crippen LogP contribution in [0.25, 0.3) is 11.1 Å². The van der Waals surface area contributed by atoms with E-state index in [4.69, 9.17) is 9.15 Å². The normalized spacial score (nSPS) is 18.3. The Kier molecular flexibility index (Phi) is 4.71. The minimum atomic E-state index is -0.262. The summed E-state index contributed by atoms with van der Waals surface area (Å²) in [7, 11) is 1.57. The predicted octanol–water partition coefficient (Wildman–Crippen LogP) is 1.82. The van der Waals surface area contributed by atoms with Crippen molar-refractivity contribution in [3.8, 4) is 0 Å². The summed E-state index contributed by atoms with van der Waals surface area (Å²) in [6, 6.07) is 0. The number of ether oxygens (including phenoxy) is 1. The molecule has 130 valence electrons. The lowest BCUT2D eigenvalue weighted by Crippen LogP contribution is -2.39. The number of hydrogen-bond acceptors (Lipinski definition) is 5. The van der Waals surface area contributed by atoms with Gasteiger partial charge in [-0.2, -0.15) is 0 Å². The molecule has 1 saturated heterocycles. The maximum atomic E-state index is 13.0. The number of carbonyl (C=O) groups excluding carboxylic acids is 1. The Hall–Kier alpha value is -2.15. The van der Waals surface area contributed by atoms with E-state index in [2.05, 4.69) is 11.9 Å². The molecular formula is C17H23N3O4. The van der Waals surface area contributed by atoms with Crippen molar-refractivity contribution in [2.75, 3.05) is 26.8 Å². The number of hydrogen-bond donors (Lipinski definition) is 0. The molecule has 24 heavy (non-hydrogen) atoms. The second kappa shape index (κ2) is 6.76. The lowest BCUT2D eigenvalue weighted by molar-refractivity contribution is 0.0683. The molecule has 3 rings (SSSR count). The van der Waals surface area contributed by atoms with Crippen molar-refractivity contribution >= 4 is 17.0 Å². The minimum Gasteiger partial charge on any atom is -0.442 e. The summed E-state index contributed by atoms with van der Waals surface area (Å²) < 4.78 is 12.0. The van der Waals surface area contributed by atoms with Crippen LogP contribution >= 0.6 is 0 Å². The number of furan rings is 1. The zero-order chi connectivity index (χ0) is 17.3. The van der Waals surface area contributed by atoms with Gasteiger partial charge in [-0.1, -0.05) is 6.92 Å².